The van der Waals surface area contributed by atoms with Crippen LogP contribution in [0.3, 0.4) is 0 Å². The number of hydrogen-bond donors (Lipinski definition) is 2. The summed E-state index contributed by atoms with van der Waals surface area (Å²) in [5.74, 6) is -0.214. The van der Waals surface area contributed by atoms with Crippen molar-refractivity contribution in [3.05, 3.63) is 24.3 Å². The number of amides is 1. The summed E-state index contributed by atoms with van der Waals surface area (Å²) in [5, 5.41) is 13.6. The van der Waals surface area contributed by atoms with E-state index in [9.17, 15) is 19.4 Å². The summed E-state index contributed by atoms with van der Waals surface area (Å²) in [5.41, 5.74) is 0. The number of nitrogens with zero attached hydrogens (tertiary/aromatic N) is 1. The lowest BCUT2D eigenvalue weighted by Crippen LogP contribution is -2.45. The van der Waals surface area contributed by atoms with Crippen LogP contribution in [0.1, 0.15) is 200 Å². The zero-order valence-corrected chi connectivity index (χ0v) is 36.4. The fourth-order valence-electron chi connectivity index (χ4n) is 6.39. The molecule has 8 nitrogen and oxygen atoms in total. The summed E-state index contributed by atoms with van der Waals surface area (Å²) in [6, 6.07) is -0.912. The highest BCUT2D eigenvalue weighted by atomic mass is 31.2. The van der Waals surface area contributed by atoms with Crippen LogP contribution in [-0.2, 0) is 18.4 Å². The van der Waals surface area contributed by atoms with Gasteiger partial charge in [0.1, 0.15) is 13.2 Å². The van der Waals surface area contributed by atoms with Crippen molar-refractivity contribution >= 4 is 13.7 Å². The molecule has 0 aliphatic carbocycles. The number of aliphatic hydroxyl groups excluding tert-OH is 1. The maximum Gasteiger partial charge on any atom is 0.268 e. The number of phosphoric ester groups is 1. The average molecular weight is 771 g/mol. The summed E-state index contributed by atoms with van der Waals surface area (Å²) >= 11 is 0. The highest BCUT2D eigenvalue weighted by molar-refractivity contribution is 7.45. The third-order valence-electron chi connectivity index (χ3n) is 9.97. The molecular formula is C44H87N2O6P. The lowest BCUT2D eigenvalue weighted by atomic mass is 10.0. The van der Waals surface area contributed by atoms with E-state index in [0.717, 1.165) is 32.1 Å². The largest absolute Gasteiger partial charge is 0.756 e. The Bertz CT molecular complexity index is 922. The van der Waals surface area contributed by atoms with E-state index in [1.807, 2.05) is 27.2 Å². The van der Waals surface area contributed by atoms with Crippen molar-refractivity contribution in [1.29, 1.82) is 0 Å². The van der Waals surface area contributed by atoms with E-state index in [4.69, 9.17) is 9.05 Å². The Labute approximate surface area is 328 Å². The Kier molecular flexibility index (Phi) is 35.9. The first kappa shape index (κ1) is 52.0. The normalized spacial score (nSPS) is 14.6. The first-order valence-corrected chi connectivity index (χ1v) is 23.7. The van der Waals surface area contributed by atoms with Gasteiger partial charge in [-0.05, 0) is 19.3 Å². The van der Waals surface area contributed by atoms with Crippen LogP contribution in [0.4, 0.5) is 0 Å². The third kappa shape index (κ3) is 39.0. The summed E-state index contributed by atoms with van der Waals surface area (Å²) < 4.78 is 23.1. The summed E-state index contributed by atoms with van der Waals surface area (Å²) in [4.78, 5) is 25.2. The van der Waals surface area contributed by atoms with Crippen LogP contribution in [0.2, 0.25) is 0 Å². The van der Waals surface area contributed by atoms with E-state index in [2.05, 4.69) is 25.2 Å². The average Bonchev–Trinajstić information content (AvgIpc) is 3.10. The SMILES string of the molecule is CCCCCCC/C=C/C=C/[C@@H](O)[C@H](COP(=O)([O-])OCC[N+](C)(C)C)NC(=O)CCCCCCCCCCCCCCCCCCCCCCCC. The maximum absolute atomic E-state index is 12.8. The Morgan fingerprint density at radius 1 is 0.660 bits per heavy atom. The minimum absolute atomic E-state index is 0.00743. The molecular weight excluding hydrogens is 683 g/mol. The van der Waals surface area contributed by atoms with Crippen LogP contribution in [0, 0.1) is 0 Å². The molecule has 0 heterocycles. The molecule has 314 valence electrons. The molecule has 0 rings (SSSR count). The summed E-state index contributed by atoms with van der Waals surface area (Å²) in [7, 11) is 1.24. The van der Waals surface area contributed by atoms with Crippen LogP contribution >= 0.6 is 7.82 Å². The van der Waals surface area contributed by atoms with Gasteiger partial charge in [0.15, 0.2) is 0 Å². The van der Waals surface area contributed by atoms with E-state index in [1.54, 1.807) is 12.2 Å². The lowest BCUT2D eigenvalue weighted by molar-refractivity contribution is -0.870. The van der Waals surface area contributed by atoms with Gasteiger partial charge in [-0.25, -0.2) is 0 Å². The zero-order chi connectivity index (χ0) is 39.3. The van der Waals surface area contributed by atoms with Gasteiger partial charge in [-0.15, -0.1) is 0 Å². The number of phosphoric acid groups is 1. The minimum Gasteiger partial charge on any atom is -0.756 e. The molecule has 0 spiro atoms. The fourth-order valence-corrected chi connectivity index (χ4v) is 7.11. The van der Waals surface area contributed by atoms with Crippen LogP contribution < -0.4 is 10.2 Å². The lowest BCUT2D eigenvalue weighted by Gasteiger charge is -2.29. The highest BCUT2D eigenvalue weighted by Crippen LogP contribution is 2.38. The zero-order valence-electron chi connectivity index (χ0n) is 35.5. The van der Waals surface area contributed by atoms with E-state index in [1.165, 1.54) is 148 Å². The highest BCUT2D eigenvalue weighted by Gasteiger charge is 2.23. The van der Waals surface area contributed by atoms with Gasteiger partial charge in [0.05, 0.1) is 39.9 Å². The van der Waals surface area contributed by atoms with Crippen molar-refractivity contribution < 1.29 is 32.9 Å². The van der Waals surface area contributed by atoms with Crippen molar-refractivity contribution in [3.63, 3.8) is 0 Å². The van der Waals surface area contributed by atoms with Gasteiger partial charge in [0.2, 0.25) is 5.91 Å². The van der Waals surface area contributed by atoms with Crippen LogP contribution in [0.15, 0.2) is 24.3 Å². The molecule has 0 aromatic heterocycles. The predicted octanol–water partition coefficient (Wildman–Crippen LogP) is 11.5. The number of carbonyl (C=O) groups excluding carboxylic acids is 1. The van der Waals surface area contributed by atoms with Crippen molar-refractivity contribution in [3.8, 4) is 0 Å². The van der Waals surface area contributed by atoms with E-state index < -0.39 is 26.6 Å². The standard InChI is InChI=1S/C44H87N2O6P/c1-6-8-10-12-14-16-17-18-19-20-21-22-23-24-25-26-27-28-30-32-34-36-38-44(48)45-42(41-52-53(49,50)51-40-39-46(3,4)5)43(47)37-35-33-31-29-15-13-11-9-7-2/h31,33,35,37,42-43,47H,6-30,32,34,36,38-41H2,1-5H3,(H-,45,48,49,50)/b33-31+,37-35+/t42-,43+/m0/s1. The number of allylic oxidation sites excluding steroid dienone is 3. The predicted molar refractivity (Wildman–Crippen MR) is 224 cm³/mol. The molecule has 0 saturated heterocycles. The topological polar surface area (TPSA) is 108 Å². The fraction of sp³-hybridized carbons (Fsp3) is 0.886. The minimum atomic E-state index is -4.59. The number of rotatable bonds is 40. The number of quaternary nitrogens is 1. The van der Waals surface area contributed by atoms with Gasteiger partial charge in [-0.1, -0.05) is 199 Å². The number of carbonyl (C=O) groups is 1. The monoisotopic (exact) mass is 771 g/mol. The maximum atomic E-state index is 12.8. The molecule has 9 heteroatoms. The number of unbranched alkanes of at least 4 members (excludes halogenated alkanes) is 26. The molecule has 1 amide bonds. The van der Waals surface area contributed by atoms with Gasteiger partial charge < -0.3 is 28.8 Å². The molecule has 0 aromatic rings. The molecule has 3 atom stereocenters. The first-order chi connectivity index (χ1) is 25.5. The molecule has 0 aromatic carbocycles. The number of hydrogen-bond acceptors (Lipinski definition) is 6. The molecule has 0 saturated carbocycles. The van der Waals surface area contributed by atoms with Gasteiger partial charge >= 0.3 is 0 Å². The van der Waals surface area contributed by atoms with Crippen LogP contribution in [-0.4, -0.2) is 68.5 Å². The molecule has 53 heavy (non-hydrogen) atoms. The Morgan fingerprint density at radius 3 is 1.51 bits per heavy atom. The second kappa shape index (κ2) is 36.6. The Balaban J connectivity index is 4.22. The van der Waals surface area contributed by atoms with Gasteiger partial charge in [0, 0.05) is 6.42 Å². The molecule has 2 N–H and O–H groups in total. The van der Waals surface area contributed by atoms with E-state index in [-0.39, 0.29) is 12.5 Å². The quantitative estimate of drug-likeness (QED) is 0.0278. The van der Waals surface area contributed by atoms with Gasteiger partial charge in [-0.3, -0.25) is 9.36 Å². The van der Waals surface area contributed by atoms with E-state index >= 15 is 0 Å². The van der Waals surface area contributed by atoms with Gasteiger partial charge in [-0.2, -0.15) is 0 Å². The van der Waals surface area contributed by atoms with Gasteiger partial charge in [0.25, 0.3) is 7.82 Å². The Hall–Kier alpha value is -1.02. The second-order valence-corrected chi connectivity index (χ2v) is 17.9. The molecule has 0 radical (unpaired) electrons. The number of nitrogens with one attached hydrogen (secondary N) is 1. The molecule has 1 unspecified atom stereocenters. The third-order valence-corrected chi connectivity index (χ3v) is 10.9. The summed E-state index contributed by atoms with van der Waals surface area (Å²) in [6.07, 6.45) is 42.5. The Morgan fingerprint density at radius 2 is 1.08 bits per heavy atom. The molecule has 0 aliphatic rings. The molecule has 0 fully saturated rings. The number of likely N-dealkylation sites (N-methyl/N-ethyl adjacent to an activating group) is 1. The van der Waals surface area contributed by atoms with Crippen molar-refractivity contribution in [2.45, 2.75) is 212 Å². The summed E-state index contributed by atoms with van der Waals surface area (Å²) in [6.45, 7) is 4.57. The molecule has 0 bridgehead atoms. The van der Waals surface area contributed by atoms with Crippen LogP contribution in [0.5, 0.6) is 0 Å². The van der Waals surface area contributed by atoms with Crippen molar-refractivity contribution in [2.75, 3.05) is 40.9 Å². The van der Waals surface area contributed by atoms with Crippen LogP contribution in [0.25, 0.3) is 0 Å². The van der Waals surface area contributed by atoms with Crippen molar-refractivity contribution in [1.82, 2.24) is 5.32 Å². The smallest absolute Gasteiger partial charge is 0.268 e. The first-order valence-electron chi connectivity index (χ1n) is 22.2. The van der Waals surface area contributed by atoms with E-state index in [0.29, 0.717) is 17.4 Å². The molecule has 0 aliphatic heterocycles. The van der Waals surface area contributed by atoms with Crippen molar-refractivity contribution in [2.24, 2.45) is 0 Å². The second-order valence-electron chi connectivity index (χ2n) is 16.4. The number of aliphatic hydroxyl groups is 1.